The molecule has 0 saturated carbocycles. The molecule has 0 atom stereocenters. The fourth-order valence-electron chi connectivity index (χ4n) is 1.11. The molecule has 3 nitrogen and oxygen atoms in total. The molecule has 0 aliphatic rings. The molecule has 1 rings (SSSR count). The molecule has 0 saturated heterocycles. The number of carboxylic acid groups (broad SMARTS) is 1. The fourth-order valence-corrected chi connectivity index (χ4v) is 1.11. The standard InChI is InChI=1S/C10H12FNO2.ClH/c1-12(6-5-10(13)14)9-4-2-3-8(11)7-9;/h2-4,7H,5-6H2,1H3,(H,13,14);1H. The summed E-state index contributed by atoms with van der Waals surface area (Å²) < 4.78 is 12.8. The van der Waals surface area contributed by atoms with Crippen molar-refractivity contribution in [3.8, 4) is 0 Å². The van der Waals surface area contributed by atoms with Crippen LogP contribution in [0.15, 0.2) is 24.3 Å². The van der Waals surface area contributed by atoms with E-state index in [-0.39, 0.29) is 24.6 Å². The van der Waals surface area contributed by atoms with E-state index in [1.807, 2.05) is 0 Å². The largest absolute Gasteiger partial charge is 0.481 e. The van der Waals surface area contributed by atoms with Crippen LogP contribution in [0.2, 0.25) is 0 Å². The van der Waals surface area contributed by atoms with Crippen LogP contribution >= 0.6 is 12.4 Å². The molecule has 0 unspecified atom stereocenters. The van der Waals surface area contributed by atoms with E-state index >= 15 is 0 Å². The first-order chi connectivity index (χ1) is 6.59. The first kappa shape index (κ1) is 13.7. The zero-order valence-corrected chi connectivity index (χ0v) is 9.13. The van der Waals surface area contributed by atoms with Crippen LogP contribution in [0.5, 0.6) is 0 Å². The molecule has 0 aliphatic carbocycles. The topological polar surface area (TPSA) is 40.5 Å². The van der Waals surface area contributed by atoms with E-state index < -0.39 is 5.97 Å². The van der Waals surface area contributed by atoms with Crippen LogP contribution in [-0.4, -0.2) is 24.7 Å². The minimum atomic E-state index is -0.853. The van der Waals surface area contributed by atoms with Crippen LogP contribution in [0.1, 0.15) is 6.42 Å². The van der Waals surface area contributed by atoms with Crippen LogP contribution in [0.25, 0.3) is 0 Å². The van der Waals surface area contributed by atoms with Gasteiger partial charge in [-0.1, -0.05) is 6.07 Å². The number of rotatable bonds is 4. The first-order valence-electron chi connectivity index (χ1n) is 4.28. The van der Waals surface area contributed by atoms with Crippen LogP contribution in [-0.2, 0) is 4.79 Å². The predicted octanol–water partition coefficient (Wildman–Crippen LogP) is 2.16. The number of anilines is 1. The van der Waals surface area contributed by atoms with E-state index in [0.29, 0.717) is 12.2 Å². The Morgan fingerprint density at radius 1 is 1.53 bits per heavy atom. The van der Waals surface area contributed by atoms with Crippen molar-refractivity contribution in [1.82, 2.24) is 0 Å². The third-order valence-corrected chi connectivity index (χ3v) is 1.91. The van der Waals surface area contributed by atoms with Gasteiger partial charge in [-0.3, -0.25) is 4.79 Å². The lowest BCUT2D eigenvalue weighted by molar-refractivity contribution is -0.136. The summed E-state index contributed by atoms with van der Waals surface area (Å²) in [4.78, 5) is 12.0. The molecule has 15 heavy (non-hydrogen) atoms. The highest BCUT2D eigenvalue weighted by atomic mass is 35.5. The summed E-state index contributed by atoms with van der Waals surface area (Å²) in [5, 5.41) is 8.46. The van der Waals surface area contributed by atoms with Gasteiger partial charge in [-0.2, -0.15) is 0 Å². The van der Waals surface area contributed by atoms with Gasteiger partial charge in [0, 0.05) is 19.3 Å². The van der Waals surface area contributed by atoms with Crippen molar-refractivity contribution < 1.29 is 14.3 Å². The molecular weight excluding hydrogens is 221 g/mol. The van der Waals surface area contributed by atoms with E-state index in [4.69, 9.17) is 5.11 Å². The van der Waals surface area contributed by atoms with Crippen molar-refractivity contribution in [2.24, 2.45) is 0 Å². The van der Waals surface area contributed by atoms with Gasteiger partial charge in [-0.25, -0.2) is 4.39 Å². The zero-order valence-electron chi connectivity index (χ0n) is 8.31. The molecule has 1 N–H and O–H groups in total. The van der Waals surface area contributed by atoms with Gasteiger partial charge in [0.05, 0.1) is 6.42 Å². The van der Waals surface area contributed by atoms with Gasteiger partial charge in [-0.05, 0) is 18.2 Å². The van der Waals surface area contributed by atoms with Gasteiger partial charge in [0.15, 0.2) is 0 Å². The normalized spacial score (nSPS) is 9.20. The average molecular weight is 234 g/mol. The monoisotopic (exact) mass is 233 g/mol. The summed E-state index contributed by atoms with van der Waals surface area (Å²) in [7, 11) is 1.73. The Morgan fingerprint density at radius 2 is 2.20 bits per heavy atom. The lowest BCUT2D eigenvalue weighted by Crippen LogP contribution is -2.20. The molecule has 1 aromatic rings. The molecule has 0 fully saturated rings. The number of hydrogen-bond acceptors (Lipinski definition) is 2. The van der Waals surface area contributed by atoms with E-state index in [9.17, 15) is 9.18 Å². The molecule has 0 spiro atoms. The molecule has 0 bridgehead atoms. The van der Waals surface area contributed by atoms with E-state index in [2.05, 4.69) is 0 Å². The van der Waals surface area contributed by atoms with Crippen LogP contribution in [0.3, 0.4) is 0 Å². The van der Waals surface area contributed by atoms with Crippen molar-refractivity contribution in [2.45, 2.75) is 6.42 Å². The summed E-state index contributed by atoms with van der Waals surface area (Å²) >= 11 is 0. The molecule has 1 aromatic carbocycles. The minimum Gasteiger partial charge on any atom is -0.481 e. The van der Waals surface area contributed by atoms with Gasteiger partial charge >= 0.3 is 5.97 Å². The summed E-state index contributed by atoms with van der Waals surface area (Å²) in [6, 6.07) is 6.07. The van der Waals surface area contributed by atoms with Crippen molar-refractivity contribution in [2.75, 3.05) is 18.5 Å². The SMILES string of the molecule is CN(CCC(=O)O)c1cccc(F)c1.Cl. The number of carboxylic acids is 1. The van der Waals surface area contributed by atoms with Gasteiger partial charge < -0.3 is 10.0 Å². The van der Waals surface area contributed by atoms with Crippen LogP contribution in [0.4, 0.5) is 10.1 Å². The highest BCUT2D eigenvalue weighted by Gasteiger charge is 2.04. The summed E-state index contributed by atoms with van der Waals surface area (Å²) in [6.07, 6.45) is 0.0486. The number of nitrogens with zero attached hydrogens (tertiary/aromatic N) is 1. The maximum Gasteiger partial charge on any atom is 0.305 e. The number of benzene rings is 1. The third-order valence-electron chi connectivity index (χ3n) is 1.91. The Labute approximate surface area is 93.9 Å². The van der Waals surface area contributed by atoms with Gasteiger partial charge in [0.25, 0.3) is 0 Å². The second kappa shape index (κ2) is 6.24. The molecule has 0 aromatic heterocycles. The van der Waals surface area contributed by atoms with Crippen molar-refractivity contribution in [1.29, 1.82) is 0 Å². The second-order valence-corrected chi connectivity index (χ2v) is 3.05. The van der Waals surface area contributed by atoms with Crippen LogP contribution in [0, 0.1) is 5.82 Å². The Hall–Kier alpha value is -1.29. The molecule has 0 heterocycles. The Balaban J connectivity index is 0.00000196. The van der Waals surface area contributed by atoms with Gasteiger partial charge in [0.2, 0.25) is 0 Å². The second-order valence-electron chi connectivity index (χ2n) is 3.05. The summed E-state index contributed by atoms with van der Waals surface area (Å²) in [5.41, 5.74) is 0.686. The average Bonchev–Trinajstić information content (AvgIpc) is 2.14. The summed E-state index contributed by atoms with van der Waals surface area (Å²) in [6.45, 7) is 0.374. The Morgan fingerprint density at radius 3 is 2.73 bits per heavy atom. The minimum absolute atomic E-state index is 0. The number of carbonyl (C=O) groups is 1. The van der Waals surface area contributed by atoms with Gasteiger partial charge in [0.1, 0.15) is 5.82 Å². The molecule has 0 aliphatic heterocycles. The molecule has 0 amide bonds. The van der Waals surface area contributed by atoms with Gasteiger partial charge in [-0.15, -0.1) is 12.4 Å². The summed E-state index contributed by atoms with van der Waals surface area (Å²) in [5.74, 6) is -1.17. The molecule has 0 radical (unpaired) electrons. The smallest absolute Gasteiger partial charge is 0.305 e. The molecular formula is C10H13ClFNO2. The molecule has 84 valence electrons. The Bertz CT molecular complexity index is 333. The predicted molar refractivity (Wildman–Crippen MR) is 59.2 cm³/mol. The highest BCUT2D eigenvalue weighted by molar-refractivity contribution is 5.85. The van der Waals surface area contributed by atoms with Crippen molar-refractivity contribution in [3.05, 3.63) is 30.1 Å². The number of hydrogen-bond donors (Lipinski definition) is 1. The van der Waals surface area contributed by atoms with Crippen molar-refractivity contribution >= 4 is 24.1 Å². The first-order valence-corrected chi connectivity index (χ1v) is 4.28. The fraction of sp³-hybridized carbons (Fsp3) is 0.300. The van der Waals surface area contributed by atoms with E-state index in [1.165, 1.54) is 12.1 Å². The Kier molecular flexibility index (Phi) is 5.70. The lowest BCUT2D eigenvalue weighted by Gasteiger charge is -2.17. The highest BCUT2D eigenvalue weighted by Crippen LogP contribution is 2.13. The van der Waals surface area contributed by atoms with E-state index in [1.54, 1.807) is 24.1 Å². The number of halogens is 2. The van der Waals surface area contributed by atoms with Crippen molar-refractivity contribution in [3.63, 3.8) is 0 Å². The van der Waals surface area contributed by atoms with E-state index in [0.717, 1.165) is 0 Å². The maximum atomic E-state index is 12.8. The van der Waals surface area contributed by atoms with Crippen LogP contribution < -0.4 is 4.90 Å². The maximum absolute atomic E-state index is 12.8. The molecule has 5 heteroatoms. The third kappa shape index (κ3) is 4.65. The quantitative estimate of drug-likeness (QED) is 0.867. The zero-order chi connectivity index (χ0) is 10.6. The number of aliphatic carboxylic acids is 1. The lowest BCUT2D eigenvalue weighted by atomic mass is 10.3.